The van der Waals surface area contributed by atoms with Crippen LogP contribution in [0.4, 0.5) is 5.69 Å². The molecule has 0 bridgehead atoms. The Kier molecular flexibility index (Phi) is 5.14. The van der Waals surface area contributed by atoms with Crippen LogP contribution in [0.2, 0.25) is 0 Å². The van der Waals surface area contributed by atoms with E-state index in [0.717, 1.165) is 5.39 Å². The average Bonchev–Trinajstić information content (AvgIpc) is 3.51. The Balaban J connectivity index is 1.31. The molecule has 164 valence electrons. The standard InChI is InChI=1S/C22H20N4O5S/c1-12(21(27)23-14-7-8-15-17(10-14)30-11-29-15)32-22-25-24-20(26(22)2)18-9-13-5-4-6-16(28-3)19(13)31-18/h4-10,12H,11H2,1-3H3,(H,23,27)/t12-/m0/s1. The summed E-state index contributed by atoms with van der Waals surface area (Å²) in [5, 5.41) is 12.5. The average molecular weight is 452 g/mol. The van der Waals surface area contributed by atoms with Crippen LogP contribution in [0.1, 0.15) is 6.92 Å². The number of carbonyl (C=O) groups excluding carboxylic acids is 1. The summed E-state index contributed by atoms with van der Waals surface area (Å²) in [6, 6.07) is 12.9. The number of nitrogens with zero attached hydrogens (tertiary/aromatic N) is 3. The topological polar surface area (TPSA) is 101 Å². The molecule has 0 radical (unpaired) electrons. The Morgan fingerprint density at radius 3 is 2.88 bits per heavy atom. The van der Waals surface area contributed by atoms with Crippen molar-refractivity contribution in [1.29, 1.82) is 0 Å². The van der Waals surface area contributed by atoms with Crippen LogP contribution in [0, 0.1) is 0 Å². The highest BCUT2D eigenvalue weighted by Crippen LogP contribution is 2.35. The van der Waals surface area contributed by atoms with Gasteiger partial charge in [-0.1, -0.05) is 23.9 Å². The van der Waals surface area contributed by atoms with Crippen LogP contribution in [-0.4, -0.2) is 39.8 Å². The Morgan fingerprint density at radius 2 is 2.03 bits per heavy atom. The molecule has 1 aliphatic rings. The molecule has 0 aliphatic carbocycles. The molecule has 2 aromatic heterocycles. The number of hydrogen-bond donors (Lipinski definition) is 1. The molecule has 1 N–H and O–H groups in total. The second-order valence-corrected chi connectivity index (χ2v) is 8.48. The van der Waals surface area contributed by atoms with Crippen LogP contribution in [0.3, 0.4) is 0 Å². The predicted molar refractivity (Wildman–Crippen MR) is 119 cm³/mol. The van der Waals surface area contributed by atoms with E-state index in [1.54, 1.807) is 29.9 Å². The van der Waals surface area contributed by atoms with Crippen LogP contribution >= 0.6 is 11.8 Å². The molecule has 10 heteroatoms. The second kappa shape index (κ2) is 8.12. The minimum atomic E-state index is -0.410. The number of methoxy groups -OCH3 is 1. The highest BCUT2D eigenvalue weighted by Gasteiger charge is 2.22. The first-order valence-electron chi connectivity index (χ1n) is 9.87. The predicted octanol–water partition coefficient (Wildman–Crippen LogP) is 4.08. The van der Waals surface area contributed by atoms with Gasteiger partial charge in [0.1, 0.15) is 0 Å². The number of para-hydroxylation sites is 1. The lowest BCUT2D eigenvalue weighted by Gasteiger charge is -2.12. The van der Waals surface area contributed by atoms with Gasteiger partial charge in [-0.2, -0.15) is 0 Å². The molecule has 1 aliphatic heterocycles. The monoisotopic (exact) mass is 452 g/mol. The third kappa shape index (κ3) is 3.62. The lowest BCUT2D eigenvalue weighted by atomic mass is 10.2. The van der Waals surface area contributed by atoms with E-state index in [4.69, 9.17) is 18.6 Å². The van der Waals surface area contributed by atoms with Gasteiger partial charge in [-0.05, 0) is 31.2 Å². The van der Waals surface area contributed by atoms with Crippen LogP contribution in [0.15, 0.2) is 52.0 Å². The maximum atomic E-state index is 12.7. The van der Waals surface area contributed by atoms with Crippen LogP contribution in [-0.2, 0) is 11.8 Å². The summed E-state index contributed by atoms with van der Waals surface area (Å²) >= 11 is 1.31. The molecular formula is C22H20N4O5S. The molecule has 2 aromatic carbocycles. The summed E-state index contributed by atoms with van der Waals surface area (Å²) in [7, 11) is 3.44. The van der Waals surface area contributed by atoms with E-state index in [-0.39, 0.29) is 12.7 Å². The first-order valence-corrected chi connectivity index (χ1v) is 10.7. The van der Waals surface area contributed by atoms with Crippen molar-refractivity contribution in [2.45, 2.75) is 17.3 Å². The van der Waals surface area contributed by atoms with Gasteiger partial charge in [0.2, 0.25) is 12.7 Å². The molecule has 9 nitrogen and oxygen atoms in total. The second-order valence-electron chi connectivity index (χ2n) is 7.17. The van der Waals surface area contributed by atoms with E-state index >= 15 is 0 Å². The maximum Gasteiger partial charge on any atom is 0.237 e. The summed E-state index contributed by atoms with van der Waals surface area (Å²) in [5.41, 5.74) is 1.29. The number of carbonyl (C=O) groups is 1. The van der Waals surface area contributed by atoms with Crippen LogP contribution < -0.4 is 19.5 Å². The van der Waals surface area contributed by atoms with Crippen molar-refractivity contribution >= 4 is 34.3 Å². The van der Waals surface area contributed by atoms with Gasteiger partial charge in [0.25, 0.3) is 0 Å². The van der Waals surface area contributed by atoms with Gasteiger partial charge in [0.05, 0.1) is 12.4 Å². The number of rotatable bonds is 6. The van der Waals surface area contributed by atoms with E-state index in [1.807, 2.05) is 38.2 Å². The zero-order valence-electron chi connectivity index (χ0n) is 17.6. The van der Waals surface area contributed by atoms with Gasteiger partial charge in [-0.15, -0.1) is 10.2 Å². The van der Waals surface area contributed by atoms with E-state index < -0.39 is 5.25 Å². The van der Waals surface area contributed by atoms with E-state index in [1.165, 1.54) is 11.8 Å². The Morgan fingerprint density at radius 1 is 1.19 bits per heavy atom. The molecule has 0 fully saturated rings. The third-order valence-corrected chi connectivity index (χ3v) is 6.21. The summed E-state index contributed by atoms with van der Waals surface area (Å²) < 4.78 is 23.8. The quantitative estimate of drug-likeness (QED) is 0.437. The van der Waals surface area contributed by atoms with Crippen molar-refractivity contribution in [3.8, 4) is 28.8 Å². The normalized spacial score (nSPS) is 13.3. The van der Waals surface area contributed by atoms with Crippen LogP contribution in [0.5, 0.6) is 17.2 Å². The summed E-state index contributed by atoms with van der Waals surface area (Å²) in [6.07, 6.45) is 0. The summed E-state index contributed by atoms with van der Waals surface area (Å²) in [6.45, 7) is 2.00. The van der Waals surface area contributed by atoms with Gasteiger partial charge in [0, 0.05) is 24.2 Å². The van der Waals surface area contributed by atoms with E-state index in [9.17, 15) is 4.79 Å². The number of anilines is 1. The Hall–Kier alpha value is -3.66. The fourth-order valence-electron chi connectivity index (χ4n) is 3.37. The number of thioether (sulfide) groups is 1. The number of amides is 1. The highest BCUT2D eigenvalue weighted by molar-refractivity contribution is 8.00. The van der Waals surface area contributed by atoms with Gasteiger partial charge in [-0.3, -0.25) is 4.79 Å². The molecule has 0 saturated carbocycles. The number of benzene rings is 2. The number of aromatic nitrogens is 3. The Bertz CT molecular complexity index is 1320. The summed E-state index contributed by atoms with van der Waals surface area (Å²) in [4.78, 5) is 12.7. The van der Waals surface area contributed by atoms with Gasteiger partial charge in [0.15, 0.2) is 39.6 Å². The molecule has 0 saturated heterocycles. The molecule has 4 aromatic rings. The third-order valence-electron chi connectivity index (χ3n) is 5.07. The molecule has 1 atom stereocenters. The van der Waals surface area contributed by atoms with Crippen molar-refractivity contribution in [3.63, 3.8) is 0 Å². The number of nitrogens with one attached hydrogen (secondary N) is 1. The van der Waals surface area contributed by atoms with Crippen molar-refractivity contribution < 1.29 is 23.4 Å². The van der Waals surface area contributed by atoms with Crippen molar-refractivity contribution in [2.24, 2.45) is 7.05 Å². The molecule has 0 unspecified atom stereocenters. The molecule has 5 rings (SSSR count). The zero-order valence-corrected chi connectivity index (χ0v) is 18.4. The minimum absolute atomic E-state index is 0.160. The molecule has 32 heavy (non-hydrogen) atoms. The van der Waals surface area contributed by atoms with Crippen molar-refractivity contribution in [2.75, 3.05) is 19.2 Å². The van der Waals surface area contributed by atoms with E-state index in [0.29, 0.717) is 45.3 Å². The number of furan rings is 1. The Labute approximate surface area is 187 Å². The molecule has 3 heterocycles. The first kappa shape index (κ1) is 20.3. The van der Waals surface area contributed by atoms with Gasteiger partial charge >= 0.3 is 0 Å². The molecule has 1 amide bonds. The SMILES string of the molecule is COc1cccc2cc(-c3nnc(S[C@@H](C)C(=O)Nc4ccc5c(c4)OCO5)n3C)oc12. The number of ether oxygens (including phenoxy) is 3. The largest absolute Gasteiger partial charge is 0.493 e. The molecular weight excluding hydrogens is 432 g/mol. The zero-order chi connectivity index (χ0) is 22.2. The van der Waals surface area contributed by atoms with Crippen molar-refractivity contribution in [3.05, 3.63) is 42.5 Å². The lowest BCUT2D eigenvalue weighted by molar-refractivity contribution is -0.115. The van der Waals surface area contributed by atoms with E-state index in [2.05, 4.69) is 15.5 Å². The summed E-state index contributed by atoms with van der Waals surface area (Å²) in [5.74, 6) is 2.91. The van der Waals surface area contributed by atoms with Gasteiger partial charge in [-0.25, -0.2) is 0 Å². The first-order chi connectivity index (χ1) is 15.5. The number of fused-ring (bicyclic) bond motifs is 2. The number of hydrogen-bond acceptors (Lipinski definition) is 8. The fourth-order valence-corrected chi connectivity index (χ4v) is 4.18. The van der Waals surface area contributed by atoms with Crippen LogP contribution in [0.25, 0.3) is 22.6 Å². The minimum Gasteiger partial charge on any atom is -0.493 e. The molecule has 0 spiro atoms. The van der Waals surface area contributed by atoms with Gasteiger partial charge < -0.3 is 28.5 Å². The lowest BCUT2D eigenvalue weighted by Crippen LogP contribution is -2.22. The van der Waals surface area contributed by atoms with Crippen molar-refractivity contribution in [1.82, 2.24) is 14.8 Å². The maximum absolute atomic E-state index is 12.7. The smallest absolute Gasteiger partial charge is 0.237 e. The fraction of sp³-hybridized carbons (Fsp3) is 0.227. The highest BCUT2D eigenvalue weighted by atomic mass is 32.2.